The smallest absolute Gasteiger partial charge is 0.128 e. The fourth-order valence-electron chi connectivity index (χ4n) is 2.36. The van der Waals surface area contributed by atoms with Crippen LogP contribution in [0.25, 0.3) is 0 Å². The third-order valence-corrected chi connectivity index (χ3v) is 3.85. The highest BCUT2D eigenvalue weighted by Gasteiger charge is 2.27. The number of nitrogens with zero attached hydrogens (tertiary/aromatic N) is 2. The summed E-state index contributed by atoms with van der Waals surface area (Å²) in [5.74, 6) is 1.36. The van der Waals surface area contributed by atoms with E-state index in [2.05, 4.69) is 23.7 Å². The summed E-state index contributed by atoms with van der Waals surface area (Å²) >= 11 is 11.9. The van der Waals surface area contributed by atoms with Gasteiger partial charge in [0.2, 0.25) is 0 Å². The molecule has 1 aromatic heterocycles. The summed E-state index contributed by atoms with van der Waals surface area (Å²) in [5, 5.41) is 0.653. The number of piperidine rings is 1. The lowest BCUT2D eigenvalue weighted by Gasteiger charge is -2.38. The Balaban J connectivity index is 2.22. The number of anilines is 1. The predicted molar refractivity (Wildman–Crippen MR) is 74.0 cm³/mol. The van der Waals surface area contributed by atoms with Crippen LogP contribution in [0.4, 0.5) is 5.82 Å². The maximum absolute atomic E-state index is 6.03. The van der Waals surface area contributed by atoms with Crippen molar-refractivity contribution in [2.75, 3.05) is 18.0 Å². The first kappa shape index (κ1) is 13.0. The Hall–Kier alpha value is -0.470. The molecule has 1 saturated heterocycles. The summed E-state index contributed by atoms with van der Waals surface area (Å²) in [6, 6.07) is 3.88. The number of rotatable bonds is 2. The second-order valence-corrected chi connectivity index (χ2v) is 6.10. The summed E-state index contributed by atoms with van der Waals surface area (Å²) in [7, 11) is 0. The van der Waals surface area contributed by atoms with Crippen LogP contribution in [0.2, 0.25) is 5.02 Å². The first-order valence-corrected chi connectivity index (χ1v) is 6.89. The van der Waals surface area contributed by atoms with Gasteiger partial charge < -0.3 is 4.90 Å². The molecule has 1 aliphatic rings. The normalized spacial score (nSPS) is 19.4. The average molecular weight is 273 g/mol. The lowest BCUT2D eigenvalue weighted by molar-refractivity contribution is 0.292. The van der Waals surface area contributed by atoms with Crippen LogP contribution >= 0.6 is 23.2 Å². The first-order chi connectivity index (χ1) is 8.02. The minimum atomic E-state index is 0.362. The van der Waals surface area contributed by atoms with E-state index in [1.54, 1.807) is 0 Å². The van der Waals surface area contributed by atoms with E-state index >= 15 is 0 Å². The standard InChI is InChI=1S/C13H18Cl2N2/c1-13(2)6-3-7-17(9-13)12-5-4-10(15)11(8-14)16-12/h4-5H,3,6-9H2,1-2H3. The van der Waals surface area contributed by atoms with Gasteiger partial charge in [0.1, 0.15) is 5.82 Å². The van der Waals surface area contributed by atoms with Crippen LogP contribution in [0, 0.1) is 5.41 Å². The second kappa shape index (κ2) is 5.03. The second-order valence-electron chi connectivity index (χ2n) is 5.42. The van der Waals surface area contributed by atoms with Crippen LogP contribution in [0.1, 0.15) is 32.4 Å². The fourth-order valence-corrected chi connectivity index (χ4v) is 2.81. The van der Waals surface area contributed by atoms with Crippen LogP contribution in [0.15, 0.2) is 12.1 Å². The van der Waals surface area contributed by atoms with Gasteiger partial charge in [-0.05, 0) is 30.4 Å². The van der Waals surface area contributed by atoms with E-state index in [-0.39, 0.29) is 0 Å². The van der Waals surface area contributed by atoms with E-state index in [4.69, 9.17) is 23.2 Å². The van der Waals surface area contributed by atoms with Gasteiger partial charge in [-0.25, -0.2) is 4.98 Å². The molecule has 2 nitrogen and oxygen atoms in total. The van der Waals surface area contributed by atoms with E-state index < -0.39 is 0 Å². The molecule has 0 N–H and O–H groups in total. The SMILES string of the molecule is CC1(C)CCCN(c2ccc(Cl)c(CCl)n2)C1. The summed E-state index contributed by atoms with van der Waals surface area (Å²) in [5.41, 5.74) is 1.13. The maximum Gasteiger partial charge on any atom is 0.128 e. The van der Waals surface area contributed by atoms with Gasteiger partial charge in [-0.15, -0.1) is 11.6 Å². The number of alkyl halides is 1. The van der Waals surface area contributed by atoms with Crippen LogP contribution in [0.3, 0.4) is 0 Å². The van der Waals surface area contributed by atoms with E-state index in [0.29, 0.717) is 16.3 Å². The van der Waals surface area contributed by atoms with Gasteiger partial charge in [0.15, 0.2) is 0 Å². The zero-order valence-electron chi connectivity index (χ0n) is 10.3. The predicted octanol–water partition coefficient (Wildman–Crippen LogP) is 4.10. The van der Waals surface area contributed by atoms with Crippen LogP contribution < -0.4 is 4.90 Å². The molecule has 4 heteroatoms. The van der Waals surface area contributed by atoms with Crippen molar-refractivity contribution < 1.29 is 0 Å². The third kappa shape index (κ3) is 3.05. The minimum Gasteiger partial charge on any atom is -0.356 e. The van der Waals surface area contributed by atoms with Crippen LogP contribution in [0.5, 0.6) is 0 Å². The molecule has 0 aliphatic carbocycles. The molecule has 2 heterocycles. The van der Waals surface area contributed by atoms with Crippen molar-refractivity contribution in [3.05, 3.63) is 22.8 Å². The fraction of sp³-hybridized carbons (Fsp3) is 0.615. The number of halogens is 2. The molecule has 0 unspecified atom stereocenters. The van der Waals surface area contributed by atoms with Crippen molar-refractivity contribution in [3.8, 4) is 0 Å². The highest BCUT2D eigenvalue weighted by Crippen LogP contribution is 2.31. The number of aromatic nitrogens is 1. The van der Waals surface area contributed by atoms with E-state index in [9.17, 15) is 0 Å². The van der Waals surface area contributed by atoms with Crippen molar-refractivity contribution in [1.82, 2.24) is 4.98 Å². The van der Waals surface area contributed by atoms with Gasteiger partial charge in [-0.1, -0.05) is 25.4 Å². The first-order valence-electron chi connectivity index (χ1n) is 5.98. The Bertz CT molecular complexity index is 404. The molecule has 17 heavy (non-hydrogen) atoms. The lowest BCUT2D eigenvalue weighted by atomic mass is 9.84. The number of hydrogen-bond acceptors (Lipinski definition) is 2. The molecule has 0 bridgehead atoms. The highest BCUT2D eigenvalue weighted by molar-refractivity contribution is 6.32. The summed E-state index contributed by atoms with van der Waals surface area (Å²) < 4.78 is 0. The quantitative estimate of drug-likeness (QED) is 0.754. The molecule has 1 aliphatic heterocycles. The molecule has 0 spiro atoms. The Morgan fingerprint density at radius 1 is 1.41 bits per heavy atom. The Morgan fingerprint density at radius 3 is 2.82 bits per heavy atom. The van der Waals surface area contributed by atoms with Gasteiger partial charge in [0.05, 0.1) is 16.6 Å². The van der Waals surface area contributed by atoms with E-state index in [1.165, 1.54) is 12.8 Å². The van der Waals surface area contributed by atoms with Gasteiger partial charge in [0, 0.05) is 13.1 Å². The van der Waals surface area contributed by atoms with Crippen molar-refractivity contribution >= 4 is 29.0 Å². The van der Waals surface area contributed by atoms with Crippen LogP contribution in [-0.2, 0) is 5.88 Å². The zero-order chi connectivity index (χ0) is 12.5. The maximum atomic E-state index is 6.03. The molecule has 94 valence electrons. The molecular formula is C13H18Cl2N2. The molecule has 0 radical (unpaired) electrons. The Kier molecular flexibility index (Phi) is 3.84. The van der Waals surface area contributed by atoms with E-state index in [0.717, 1.165) is 24.6 Å². The van der Waals surface area contributed by atoms with Crippen molar-refractivity contribution in [3.63, 3.8) is 0 Å². The molecule has 0 aromatic carbocycles. The minimum absolute atomic E-state index is 0.362. The Labute approximate surface area is 113 Å². The van der Waals surface area contributed by atoms with Gasteiger partial charge in [0.25, 0.3) is 0 Å². The summed E-state index contributed by atoms with van der Waals surface area (Å²) in [6.07, 6.45) is 2.49. The molecule has 2 rings (SSSR count). The largest absolute Gasteiger partial charge is 0.356 e. The van der Waals surface area contributed by atoms with E-state index in [1.807, 2.05) is 12.1 Å². The lowest BCUT2D eigenvalue weighted by Crippen LogP contribution is -2.40. The molecular weight excluding hydrogens is 255 g/mol. The average Bonchev–Trinajstić information content (AvgIpc) is 2.28. The summed E-state index contributed by atoms with van der Waals surface area (Å²) in [6.45, 7) is 6.72. The Morgan fingerprint density at radius 2 is 2.18 bits per heavy atom. The zero-order valence-corrected chi connectivity index (χ0v) is 11.9. The number of hydrogen-bond donors (Lipinski definition) is 0. The molecule has 0 atom stereocenters. The third-order valence-electron chi connectivity index (χ3n) is 3.25. The topological polar surface area (TPSA) is 16.1 Å². The molecule has 0 amide bonds. The van der Waals surface area contributed by atoms with Gasteiger partial charge in [-0.3, -0.25) is 0 Å². The van der Waals surface area contributed by atoms with Gasteiger partial charge in [-0.2, -0.15) is 0 Å². The molecule has 0 saturated carbocycles. The monoisotopic (exact) mass is 272 g/mol. The van der Waals surface area contributed by atoms with Crippen LogP contribution in [-0.4, -0.2) is 18.1 Å². The van der Waals surface area contributed by atoms with Gasteiger partial charge >= 0.3 is 0 Å². The number of pyridine rings is 1. The summed E-state index contributed by atoms with van der Waals surface area (Å²) in [4.78, 5) is 6.87. The molecule has 1 aromatic rings. The van der Waals surface area contributed by atoms with Crippen molar-refractivity contribution in [2.45, 2.75) is 32.6 Å². The molecule has 1 fully saturated rings. The highest BCUT2D eigenvalue weighted by atomic mass is 35.5. The van der Waals surface area contributed by atoms with Crippen molar-refractivity contribution in [2.24, 2.45) is 5.41 Å². The van der Waals surface area contributed by atoms with Crippen molar-refractivity contribution in [1.29, 1.82) is 0 Å².